The standard InChI is InChI=1S/C54H34F3N5/c1-34-13-10-20-40(27-34)45-31-42(53-60-51(36-15-4-2-5-16-36)59-52(61-53)37-17-6-3-7-18-37)32-46(41-21-12-22-43(29-41)54(55,56)57)50(45)62-48-24-9-8-23-44(48)47-30-39(25-26-49(47)62)38-19-11-14-35(28-38)33-58/h2-32H,1H3. The second kappa shape index (κ2) is 15.5. The molecule has 0 radical (unpaired) electrons. The summed E-state index contributed by atoms with van der Waals surface area (Å²) in [6, 6.07) is 60.9. The molecule has 0 bridgehead atoms. The van der Waals surface area contributed by atoms with Crippen LogP contribution in [0.5, 0.6) is 0 Å². The second-order valence-corrected chi connectivity index (χ2v) is 15.2. The lowest BCUT2D eigenvalue weighted by atomic mass is 9.91. The van der Waals surface area contributed by atoms with Crippen molar-refractivity contribution in [3.05, 3.63) is 205 Å². The van der Waals surface area contributed by atoms with Crippen LogP contribution in [-0.4, -0.2) is 19.5 Å². The van der Waals surface area contributed by atoms with Crippen molar-refractivity contribution in [2.45, 2.75) is 13.1 Å². The lowest BCUT2D eigenvalue weighted by molar-refractivity contribution is -0.137. The number of aryl methyl sites for hydroxylation is 1. The maximum Gasteiger partial charge on any atom is 0.416 e. The minimum Gasteiger partial charge on any atom is -0.308 e. The summed E-state index contributed by atoms with van der Waals surface area (Å²) in [6.45, 7) is 2.02. The molecule has 0 amide bonds. The van der Waals surface area contributed by atoms with Gasteiger partial charge in [-0.25, -0.2) is 15.0 Å². The molecule has 0 saturated carbocycles. The van der Waals surface area contributed by atoms with Gasteiger partial charge in [-0.3, -0.25) is 0 Å². The fourth-order valence-electron chi connectivity index (χ4n) is 8.22. The number of rotatable bonds is 7. The minimum absolute atomic E-state index is 0.373. The molecule has 0 aliphatic rings. The summed E-state index contributed by atoms with van der Waals surface area (Å²) in [7, 11) is 0. The third-order valence-corrected chi connectivity index (χ3v) is 11.1. The summed E-state index contributed by atoms with van der Waals surface area (Å²) >= 11 is 0. The van der Waals surface area contributed by atoms with Crippen LogP contribution in [0.1, 0.15) is 16.7 Å². The van der Waals surface area contributed by atoms with Crippen molar-refractivity contribution in [3.63, 3.8) is 0 Å². The maximum atomic E-state index is 14.6. The van der Waals surface area contributed by atoms with Gasteiger partial charge in [0.1, 0.15) is 0 Å². The van der Waals surface area contributed by atoms with Gasteiger partial charge in [-0.1, -0.05) is 139 Å². The molecule has 10 rings (SSSR count). The topological polar surface area (TPSA) is 67.4 Å². The highest BCUT2D eigenvalue weighted by molar-refractivity contribution is 6.12. The molecular formula is C54H34F3N5. The Balaban J connectivity index is 1.32. The van der Waals surface area contributed by atoms with Crippen LogP contribution in [0.25, 0.3) is 95.0 Å². The van der Waals surface area contributed by atoms with Gasteiger partial charge < -0.3 is 4.57 Å². The van der Waals surface area contributed by atoms with Crippen molar-refractivity contribution in [3.8, 4) is 79.3 Å². The Bertz CT molecular complexity index is 3310. The number of nitriles is 1. The fraction of sp³-hybridized carbons (Fsp3) is 0.0370. The van der Waals surface area contributed by atoms with E-state index in [-0.39, 0.29) is 0 Å². The van der Waals surface area contributed by atoms with Crippen LogP contribution < -0.4 is 0 Å². The molecule has 0 unspecified atom stereocenters. The summed E-state index contributed by atoms with van der Waals surface area (Å²) in [5.74, 6) is 1.31. The van der Waals surface area contributed by atoms with Crippen LogP contribution in [0.2, 0.25) is 0 Å². The number of para-hydroxylation sites is 1. The second-order valence-electron chi connectivity index (χ2n) is 15.2. The molecule has 0 spiro atoms. The van der Waals surface area contributed by atoms with Gasteiger partial charge in [-0.15, -0.1) is 0 Å². The molecule has 0 fully saturated rings. The Labute approximate surface area is 355 Å². The van der Waals surface area contributed by atoms with Crippen molar-refractivity contribution in [2.24, 2.45) is 0 Å². The van der Waals surface area contributed by atoms with Crippen LogP contribution in [0, 0.1) is 18.3 Å². The molecule has 62 heavy (non-hydrogen) atoms. The van der Waals surface area contributed by atoms with E-state index in [1.165, 1.54) is 12.1 Å². The first-order chi connectivity index (χ1) is 30.2. The van der Waals surface area contributed by atoms with Crippen LogP contribution in [0.15, 0.2) is 188 Å². The molecule has 0 saturated heterocycles. The largest absolute Gasteiger partial charge is 0.416 e. The minimum atomic E-state index is -4.58. The molecule has 2 aromatic heterocycles. The fourth-order valence-corrected chi connectivity index (χ4v) is 8.22. The first-order valence-corrected chi connectivity index (χ1v) is 20.1. The van der Waals surface area contributed by atoms with Gasteiger partial charge >= 0.3 is 6.18 Å². The van der Waals surface area contributed by atoms with E-state index in [0.717, 1.165) is 66.8 Å². The summed E-state index contributed by atoms with van der Waals surface area (Å²) in [4.78, 5) is 15.0. The third-order valence-electron chi connectivity index (χ3n) is 11.1. The maximum absolute atomic E-state index is 14.6. The number of aromatic nitrogens is 4. The Morgan fingerprint density at radius 1 is 0.452 bits per heavy atom. The molecule has 296 valence electrons. The van der Waals surface area contributed by atoms with Gasteiger partial charge in [0.2, 0.25) is 0 Å². The molecule has 0 aliphatic carbocycles. The van der Waals surface area contributed by atoms with Gasteiger partial charge in [0.15, 0.2) is 17.5 Å². The van der Waals surface area contributed by atoms with E-state index in [4.69, 9.17) is 15.0 Å². The Hall–Kier alpha value is -8.15. The third kappa shape index (κ3) is 7.06. The predicted octanol–water partition coefficient (Wildman–Crippen LogP) is 14.2. The van der Waals surface area contributed by atoms with Crippen molar-refractivity contribution < 1.29 is 13.2 Å². The van der Waals surface area contributed by atoms with E-state index < -0.39 is 11.7 Å². The molecule has 5 nitrogen and oxygen atoms in total. The number of fused-ring (bicyclic) bond motifs is 3. The number of alkyl halides is 3. The highest BCUT2D eigenvalue weighted by Gasteiger charge is 2.31. The summed E-state index contributed by atoms with van der Waals surface area (Å²) in [5.41, 5.74) is 9.86. The van der Waals surface area contributed by atoms with E-state index in [0.29, 0.717) is 45.4 Å². The van der Waals surface area contributed by atoms with Crippen LogP contribution >= 0.6 is 0 Å². The number of benzene rings is 8. The number of hydrogen-bond donors (Lipinski definition) is 0. The molecule has 0 N–H and O–H groups in total. The van der Waals surface area contributed by atoms with Gasteiger partial charge in [-0.05, 0) is 83.8 Å². The van der Waals surface area contributed by atoms with E-state index in [9.17, 15) is 18.4 Å². The molecule has 0 aliphatic heterocycles. The monoisotopic (exact) mass is 809 g/mol. The van der Waals surface area contributed by atoms with Crippen molar-refractivity contribution in [2.75, 3.05) is 0 Å². The smallest absolute Gasteiger partial charge is 0.308 e. The SMILES string of the molecule is Cc1cccc(-c2cc(-c3nc(-c4ccccc4)nc(-c4ccccc4)n3)cc(-c3cccc(C(F)(F)F)c3)c2-n2c3ccccc3c3cc(-c4cccc(C#N)c4)ccc32)c1. The van der Waals surface area contributed by atoms with Crippen LogP contribution in [0.4, 0.5) is 13.2 Å². The number of nitrogens with zero attached hydrogens (tertiary/aromatic N) is 5. The summed E-state index contributed by atoms with van der Waals surface area (Å²) < 4.78 is 45.9. The zero-order chi connectivity index (χ0) is 42.4. The Morgan fingerprint density at radius 3 is 1.63 bits per heavy atom. The quantitative estimate of drug-likeness (QED) is 0.161. The number of hydrogen-bond acceptors (Lipinski definition) is 4. The van der Waals surface area contributed by atoms with Crippen LogP contribution in [0.3, 0.4) is 0 Å². The lowest BCUT2D eigenvalue weighted by Crippen LogP contribution is -2.06. The normalized spacial score (nSPS) is 11.5. The molecule has 10 aromatic rings. The molecule has 8 heteroatoms. The molecule has 8 aromatic carbocycles. The van der Waals surface area contributed by atoms with E-state index in [2.05, 4.69) is 34.9 Å². The Morgan fingerprint density at radius 2 is 0.984 bits per heavy atom. The average Bonchev–Trinajstić information content (AvgIpc) is 3.64. The number of halogens is 3. The molecule has 2 heterocycles. The zero-order valence-corrected chi connectivity index (χ0v) is 33.3. The summed E-state index contributed by atoms with van der Waals surface area (Å²) in [5, 5.41) is 11.6. The zero-order valence-electron chi connectivity index (χ0n) is 33.3. The average molecular weight is 810 g/mol. The van der Waals surface area contributed by atoms with Crippen LogP contribution in [-0.2, 0) is 6.18 Å². The highest BCUT2D eigenvalue weighted by atomic mass is 19.4. The Kier molecular flexibility index (Phi) is 9.50. The van der Waals surface area contributed by atoms with Crippen molar-refractivity contribution in [1.29, 1.82) is 5.26 Å². The van der Waals surface area contributed by atoms with Gasteiger partial charge in [-0.2, -0.15) is 18.4 Å². The highest BCUT2D eigenvalue weighted by Crippen LogP contribution is 2.45. The molecular weight excluding hydrogens is 776 g/mol. The van der Waals surface area contributed by atoms with E-state index in [1.807, 2.05) is 140 Å². The molecule has 0 atom stereocenters. The predicted molar refractivity (Wildman–Crippen MR) is 241 cm³/mol. The first kappa shape index (κ1) is 38.1. The first-order valence-electron chi connectivity index (χ1n) is 20.1. The van der Waals surface area contributed by atoms with Crippen molar-refractivity contribution in [1.82, 2.24) is 19.5 Å². The lowest BCUT2D eigenvalue weighted by Gasteiger charge is -2.22. The van der Waals surface area contributed by atoms with E-state index in [1.54, 1.807) is 12.1 Å². The summed E-state index contributed by atoms with van der Waals surface area (Å²) in [6.07, 6.45) is -4.58. The van der Waals surface area contributed by atoms with E-state index >= 15 is 0 Å². The van der Waals surface area contributed by atoms with Gasteiger partial charge in [0.05, 0.1) is 33.9 Å². The van der Waals surface area contributed by atoms with Gasteiger partial charge in [0, 0.05) is 38.6 Å². The van der Waals surface area contributed by atoms with Gasteiger partial charge in [0.25, 0.3) is 0 Å². The van der Waals surface area contributed by atoms with Crippen molar-refractivity contribution >= 4 is 21.8 Å².